The minimum Gasteiger partial charge on any atom is -0.347 e. The number of hydrogen-bond acceptors (Lipinski definition) is 2. The summed E-state index contributed by atoms with van der Waals surface area (Å²) >= 11 is 0. The van der Waals surface area contributed by atoms with Gasteiger partial charge in [0.1, 0.15) is 0 Å². The van der Waals surface area contributed by atoms with Gasteiger partial charge in [-0.25, -0.2) is 0 Å². The van der Waals surface area contributed by atoms with Crippen LogP contribution in [0.1, 0.15) is 81.1 Å². The van der Waals surface area contributed by atoms with Crippen molar-refractivity contribution in [3.8, 4) is 0 Å². The van der Waals surface area contributed by atoms with E-state index >= 15 is 0 Å². The predicted molar refractivity (Wildman–Crippen MR) is 119 cm³/mol. The van der Waals surface area contributed by atoms with E-state index in [1.807, 2.05) is 0 Å². The van der Waals surface area contributed by atoms with E-state index in [1.54, 1.807) is 11.1 Å². The number of ether oxygens (including phenoxy) is 2. The van der Waals surface area contributed by atoms with E-state index in [-0.39, 0.29) is 11.7 Å². The minimum atomic E-state index is -0.223. The summed E-state index contributed by atoms with van der Waals surface area (Å²) in [5.41, 5.74) is 10.8. The fourth-order valence-electron chi connectivity index (χ4n) is 4.32. The van der Waals surface area contributed by atoms with Crippen molar-refractivity contribution in [3.05, 3.63) is 51.8 Å². The molecule has 0 aromatic rings. The van der Waals surface area contributed by atoms with Crippen molar-refractivity contribution in [2.75, 3.05) is 13.2 Å². The molecule has 0 amide bonds. The summed E-state index contributed by atoms with van der Waals surface area (Å²) in [6, 6.07) is 0. The van der Waals surface area contributed by atoms with Crippen LogP contribution in [0.5, 0.6) is 0 Å². The largest absolute Gasteiger partial charge is 0.347 e. The van der Waals surface area contributed by atoms with E-state index in [0.717, 1.165) is 6.42 Å². The van der Waals surface area contributed by atoms with Gasteiger partial charge in [0.25, 0.3) is 0 Å². The van der Waals surface area contributed by atoms with Crippen molar-refractivity contribution in [2.45, 2.75) is 87.4 Å². The molecule has 0 saturated carbocycles. The standard InChI is InChI=1S/C26H40O2/c1-19(12-14-23-20(2)10-9-15-26(23,7)8)11-13-22(25(4,5)6)21(3)18-24-27-16-17-28-24/h11-12,18,24H,9-10,14-17H2,1-8H3/b19-12+,21-18-. The van der Waals surface area contributed by atoms with E-state index in [1.165, 1.54) is 36.0 Å². The molecule has 1 saturated heterocycles. The Kier molecular flexibility index (Phi) is 7.73. The maximum Gasteiger partial charge on any atom is 0.177 e. The van der Waals surface area contributed by atoms with Crippen LogP contribution in [-0.2, 0) is 9.47 Å². The quantitative estimate of drug-likeness (QED) is 0.281. The van der Waals surface area contributed by atoms with Crippen LogP contribution in [0.4, 0.5) is 0 Å². The molecule has 2 heteroatoms. The van der Waals surface area contributed by atoms with Crippen molar-refractivity contribution < 1.29 is 9.47 Å². The lowest BCUT2D eigenvalue weighted by atomic mass is 9.71. The van der Waals surface area contributed by atoms with Crippen LogP contribution < -0.4 is 0 Å². The smallest absolute Gasteiger partial charge is 0.177 e. The molecule has 0 aromatic carbocycles. The highest BCUT2D eigenvalue weighted by molar-refractivity contribution is 5.36. The van der Waals surface area contributed by atoms with Gasteiger partial charge in [-0.2, -0.15) is 0 Å². The normalized spacial score (nSPS) is 21.7. The van der Waals surface area contributed by atoms with Gasteiger partial charge in [0.15, 0.2) is 6.29 Å². The zero-order valence-corrected chi connectivity index (χ0v) is 19.4. The number of allylic oxidation sites excluding steroid dienone is 6. The van der Waals surface area contributed by atoms with Gasteiger partial charge in [0.05, 0.1) is 13.2 Å². The Bertz CT molecular complexity index is 710. The molecule has 1 aliphatic carbocycles. The second-order valence-corrected chi connectivity index (χ2v) is 10.0. The molecule has 0 N–H and O–H groups in total. The highest BCUT2D eigenvalue weighted by Crippen LogP contribution is 2.42. The van der Waals surface area contributed by atoms with Crippen LogP contribution in [0.3, 0.4) is 0 Å². The van der Waals surface area contributed by atoms with E-state index in [4.69, 9.17) is 9.47 Å². The maximum atomic E-state index is 5.58. The molecule has 2 rings (SSSR count). The molecule has 2 aliphatic rings. The van der Waals surface area contributed by atoms with Crippen molar-refractivity contribution in [3.63, 3.8) is 0 Å². The summed E-state index contributed by atoms with van der Waals surface area (Å²) in [4.78, 5) is 0. The zero-order valence-electron chi connectivity index (χ0n) is 19.4. The van der Waals surface area contributed by atoms with Crippen molar-refractivity contribution in [1.29, 1.82) is 0 Å². The number of rotatable bonds is 5. The molecule has 0 spiro atoms. The lowest BCUT2D eigenvalue weighted by molar-refractivity contribution is -0.00209. The summed E-state index contributed by atoms with van der Waals surface area (Å²) in [7, 11) is 0. The Morgan fingerprint density at radius 2 is 1.82 bits per heavy atom. The molecule has 28 heavy (non-hydrogen) atoms. The fourth-order valence-corrected chi connectivity index (χ4v) is 4.32. The summed E-state index contributed by atoms with van der Waals surface area (Å²) in [6.45, 7) is 19.4. The Morgan fingerprint density at radius 1 is 1.18 bits per heavy atom. The van der Waals surface area contributed by atoms with E-state index in [2.05, 4.69) is 79.3 Å². The third-order valence-corrected chi connectivity index (χ3v) is 5.94. The van der Waals surface area contributed by atoms with Crippen LogP contribution in [-0.4, -0.2) is 19.5 Å². The summed E-state index contributed by atoms with van der Waals surface area (Å²) in [6.07, 6.45) is 11.3. The van der Waals surface area contributed by atoms with E-state index in [9.17, 15) is 0 Å². The summed E-state index contributed by atoms with van der Waals surface area (Å²) in [5.74, 6) is 0. The molecular weight excluding hydrogens is 344 g/mol. The van der Waals surface area contributed by atoms with Gasteiger partial charge in [0, 0.05) is 5.57 Å². The predicted octanol–water partition coefficient (Wildman–Crippen LogP) is 7.30. The van der Waals surface area contributed by atoms with E-state index in [0.29, 0.717) is 18.6 Å². The molecule has 1 aliphatic heterocycles. The van der Waals surface area contributed by atoms with Crippen molar-refractivity contribution >= 4 is 0 Å². The molecule has 0 radical (unpaired) electrons. The summed E-state index contributed by atoms with van der Waals surface area (Å²) < 4.78 is 11.2. The number of hydrogen-bond donors (Lipinski definition) is 0. The monoisotopic (exact) mass is 384 g/mol. The lowest BCUT2D eigenvalue weighted by Crippen LogP contribution is -2.20. The third kappa shape index (κ3) is 6.34. The molecular formula is C26H40O2. The van der Waals surface area contributed by atoms with Gasteiger partial charge < -0.3 is 9.47 Å². The zero-order chi connectivity index (χ0) is 20.9. The SMILES string of the molecule is CC1=C(C/C=C(\C)C=C=C(/C(C)=C\C2OCCO2)C(C)(C)C)C(C)(C)CCC1. The molecule has 156 valence electrons. The van der Waals surface area contributed by atoms with Crippen LogP contribution in [0.25, 0.3) is 0 Å². The molecule has 1 fully saturated rings. The van der Waals surface area contributed by atoms with Gasteiger partial charge in [-0.15, -0.1) is 5.73 Å². The first kappa shape index (κ1) is 22.9. The summed E-state index contributed by atoms with van der Waals surface area (Å²) in [5, 5.41) is 0. The minimum absolute atomic E-state index is 0.0143. The Labute approximate surface area is 173 Å². The van der Waals surface area contributed by atoms with Gasteiger partial charge >= 0.3 is 0 Å². The third-order valence-electron chi connectivity index (χ3n) is 5.94. The lowest BCUT2D eigenvalue weighted by Gasteiger charge is -2.34. The van der Waals surface area contributed by atoms with Gasteiger partial charge in [-0.3, -0.25) is 0 Å². The van der Waals surface area contributed by atoms with Crippen LogP contribution in [0.2, 0.25) is 0 Å². The first-order chi connectivity index (χ1) is 13.0. The Hall–Kier alpha value is -1.34. The van der Waals surface area contributed by atoms with Gasteiger partial charge in [0.2, 0.25) is 0 Å². The topological polar surface area (TPSA) is 18.5 Å². The average molecular weight is 385 g/mol. The first-order valence-electron chi connectivity index (χ1n) is 10.8. The first-order valence-corrected chi connectivity index (χ1v) is 10.8. The highest BCUT2D eigenvalue weighted by Gasteiger charge is 2.27. The molecule has 2 nitrogen and oxygen atoms in total. The van der Waals surface area contributed by atoms with Crippen LogP contribution in [0, 0.1) is 10.8 Å². The Balaban J connectivity index is 2.24. The van der Waals surface area contributed by atoms with Crippen LogP contribution >= 0.6 is 0 Å². The van der Waals surface area contributed by atoms with Crippen molar-refractivity contribution in [2.24, 2.45) is 10.8 Å². The molecule has 1 heterocycles. The van der Waals surface area contributed by atoms with Crippen molar-refractivity contribution in [1.82, 2.24) is 0 Å². The molecule has 0 unspecified atom stereocenters. The maximum absolute atomic E-state index is 5.58. The average Bonchev–Trinajstić information content (AvgIpc) is 3.05. The van der Waals surface area contributed by atoms with Gasteiger partial charge in [-0.1, -0.05) is 51.8 Å². The molecule has 0 bridgehead atoms. The highest BCUT2D eigenvalue weighted by atomic mass is 16.7. The second-order valence-electron chi connectivity index (χ2n) is 10.0. The second kappa shape index (κ2) is 9.44. The van der Waals surface area contributed by atoms with E-state index < -0.39 is 0 Å². The molecule has 0 atom stereocenters. The van der Waals surface area contributed by atoms with Gasteiger partial charge in [-0.05, 0) is 80.6 Å². The Morgan fingerprint density at radius 3 is 2.39 bits per heavy atom. The molecule has 0 aromatic heterocycles. The fraction of sp³-hybridized carbons (Fsp3) is 0.654. The van der Waals surface area contributed by atoms with Crippen LogP contribution in [0.15, 0.2) is 51.8 Å².